The zero-order valence-electron chi connectivity index (χ0n) is 12.3. The molecule has 3 heterocycles. The average Bonchev–Trinajstić information content (AvgIpc) is 2.86. The van der Waals surface area contributed by atoms with Crippen LogP contribution in [0.3, 0.4) is 0 Å². The number of nitrogens with zero attached hydrogens (tertiary/aromatic N) is 1. The Bertz CT molecular complexity index is 485. The average molecular weight is 293 g/mol. The number of aryl methyl sites for hydroxylation is 2. The van der Waals surface area contributed by atoms with Gasteiger partial charge in [-0.1, -0.05) is 6.07 Å². The van der Waals surface area contributed by atoms with E-state index in [9.17, 15) is 5.11 Å². The molecular weight excluding hydrogens is 270 g/mol. The lowest BCUT2D eigenvalue weighted by Gasteiger charge is -2.39. The van der Waals surface area contributed by atoms with Gasteiger partial charge in [-0.25, -0.2) is 0 Å². The van der Waals surface area contributed by atoms with Crippen LogP contribution >= 0.6 is 11.8 Å². The Morgan fingerprint density at radius 2 is 2.30 bits per heavy atom. The van der Waals surface area contributed by atoms with Crippen molar-refractivity contribution in [2.24, 2.45) is 5.92 Å². The predicted octanol–water partition coefficient (Wildman–Crippen LogP) is 3.03. The maximum Gasteiger partial charge on any atom is 0.0837 e. The van der Waals surface area contributed by atoms with Crippen LogP contribution in [0.4, 0.5) is 0 Å². The summed E-state index contributed by atoms with van der Waals surface area (Å²) in [5.74, 6) is 2.57. The molecule has 2 fully saturated rings. The summed E-state index contributed by atoms with van der Waals surface area (Å²) in [4.78, 5) is 4.48. The van der Waals surface area contributed by atoms with Crippen molar-refractivity contribution in [3.05, 3.63) is 29.1 Å². The number of aliphatic hydroxyl groups excluding tert-OH is 1. The van der Waals surface area contributed by atoms with E-state index < -0.39 is 6.10 Å². The maximum atomic E-state index is 10.8. The van der Waals surface area contributed by atoms with Crippen LogP contribution < -0.4 is 0 Å². The van der Waals surface area contributed by atoms with E-state index in [0.717, 1.165) is 48.6 Å². The minimum atomic E-state index is -0.408. The molecule has 0 amide bonds. The highest BCUT2D eigenvalue weighted by Crippen LogP contribution is 2.44. The fraction of sp³-hybridized carbons (Fsp3) is 0.688. The molecule has 1 aromatic heterocycles. The molecule has 2 saturated heterocycles. The first-order valence-electron chi connectivity index (χ1n) is 7.44. The molecule has 0 radical (unpaired) electrons. The quantitative estimate of drug-likeness (QED) is 0.910. The van der Waals surface area contributed by atoms with E-state index in [1.54, 1.807) is 0 Å². The molecule has 1 spiro atoms. The van der Waals surface area contributed by atoms with Gasteiger partial charge in [0.2, 0.25) is 0 Å². The number of aromatic nitrogens is 1. The number of hydrogen-bond acceptors (Lipinski definition) is 4. The van der Waals surface area contributed by atoms with E-state index >= 15 is 0 Å². The minimum absolute atomic E-state index is 0.0284. The van der Waals surface area contributed by atoms with E-state index in [-0.39, 0.29) is 5.60 Å². The predicted molar refractivity (Wildman–Crippen MR) is 82.0 cm³/mol. The van der Waals surface area contributed by atoms with Gasteiger partial charge >= 0.3 is 0 Å². The third-order valence-electron chi connectivity index (χ3n) is 4.63. The van der Waals surface area contributed by atoms with E-state index in [0.29, 0.717) is 5.92 Å². The molecule has 1 N–H and O–H groups in total. The zero-order valence-corrected chi connectivity index (χ0v) is 13.1. The molecule has 0 aliphatic carbocycles. The van der Waals surface area contributed by atoms with Crippen LogP contribution in [-0.4, -0.2) is 33.8 Å². The summed E-state index contributed by atoms with van der Waals surface area (Å²) in [6.45, 7) is 4.76. The Hall–Kier alpha value is -0.580. The van der Waals surface area contributed by atoms with Gasteiger partial charge in [0, 0.05) is 29.3 Å². The second kappa shape index (κ2) is 5.66. The first-order chi connectivity index (χ1) is 9.60. The van der Waals surface area contributed by atoms with E-state index in [1.165, 1.54) is 5.75 Å². The molecule has 3 atom stereocenters. The Labute approximate surface area is 125 Å². The maximum absolute atomic E-state index is 10.8. The molecule has 1 aromatic rings. The summed E-state index contributed by atoms with van der Waals surface area (Å²) in [6.07, 6.45) is 2.65. The van der Waals surface area contributed by atoms with Crippen LogP contribution in [0, 0.1) is 19.8 Å². The molecule has 2 aliphatic heterocycles. The summed E-state index contributed by atoms with van der Waals surface area (Å²) in [6, 6.07) is 4.03. The Morgan fingerprint density at radius 3 is 3.00 bits per heavy atom. The van der Waals surface area contributed by atoms with Crippen molar-refractivity contribution in [1.29, 1.82) is 0 Å². The lowest BCUT2D eigenvalue weighted by atomic mass is 9.80. The summed E-state index contributed by atoms with van der Waals surface area (Å²) >= 11 is 1.98. The highest BCUT2D eigenvalue weighted by molar-refractivity contribution is 7.99. The van der Waals surface area contributed by atoms with Crippen molar-refractivity contribution in [2.75, 3.05) is 18.1 Å². The number of pyridine rings is 1. The zero-order chi connectivity index (χ0) is 14.2. The number of aliphatic hydroxyl groups is 1. The van der Waals surface area contributed by atoms with Crippen LogP contribution in [-0.2, 0) is 4.74 Å². The molecule has 3 nitrogen and oxygen atoms in total. The van der Waals surface area contributed by atoms with Gasteiger partial charge in [-0.15, -0.1) is 0 Å². The van der Waals surface area contributed by atoms with E-state index in [4.69, 9.17) is 4.74 Å². The Morgan fingerprint density at radius 1 is 1.45 bits per heavy atom. The number of thioether (sulfide) groups is 1. The highest BCUT2D eigenvalue weighted by Gasteiger charge is 2.42. The van der Waals surface area contributed by atoms with Crippen LogP contribution in [0.1, 0.15) is 42.3 Å². The second-order valence-electron chi connectivity index (χ2n) is 6.16. The van der Waals surface area contributed by atoms with Crippen molar-refractivity contribution < 1.29 is 9.84 Å². The lowest BCUT2D eigenvalue weighted by Crippen LogP contribution is -2.41. The van der Waals surface area contributed by atoms with Gasteiger partial charge in [0.05, 0.1) is 11.7 Å². The molecule has 4 heteroatoms. The van der Waals surface area contributed by atoms with Crippen molar-refractivity contribution in [3.8, 4) is 0 Å². The van der Waals surface area contributed by atoms with Gasteiger partial charge in [0.1, 0.15) is 0 Å². The minimum Gasteiger partial charge on any atom is -0.388 e. The van der Waals surface area contributed by atoms with Gasteiger partial charge in [0.15, 0.2) is 0 Å². The van der Waals surface area contributed by atoms with Crippen LogP contribution in [0.25, 0.3) is 0 Å². The number of ether oxygens (including phenoxy) is 1. The number of rotatable bonds is 2. The van der Waals surface area contributed by atoms with Crippen molar-refractivity contribution in [3.63, 3.8) is 0 Å². The molecule has 110 valence electrons. The summed E-state index contributed by atoms with van der Waals surface area (Å²) in [7, 11) is 0. The van der Waals surface area contributed by atoms with E-state index in [1.807, 2.05) is 37.7 Å². The largest absolute Gasteiger partial charge is 0.388 e. The number of hydrogen-bond donors (Lipinski definition) is 1. The highest BCUT2D eigenvalue weighted by atomic mass is 32.2. The molecule has 0 saturated carbocycles. The summed E-state index contributed by atoms with van der Waals surface area (Å²) in [5.41, 5.74) is 2.98. The van der Waals surface area contributed by atoms with E-state index in [2.05, 4.69) is 4.98 Å². The first kappa shape index (κ1) is 14.4. The fourth-order valence-electron chi connectivity index (χ4n) is 3.46. The smallest absolute Gasteiger partial charge is 0.0837 e. The first-order valence-corrected chi connectivity index (χ1v) is 8.59. The molecular formula is C16H23NO2S. The standard InChI is InChI=1S/C16H23NO2S/c1-11-3-4-14(12(2)17-11)15(18)13-5-7-19-16(9-13)6-8-20-10-16/h3-4,13,15,18H,5-10H2,1-2H3. The van der Waals surface area contributed by atoms with Gasteiger partial charge < -0.3 is 9.84 Å². The van der Waals surface area contributed by atoms with Crippen molar-refractivity contribution in [2.45, 2.75) is 44.8 Å². The topological polar surface area (TPSA) is 42.4 Å². The van der Waals surface area contributed by atoms with Crippen LogP contribution in [0.15, 0.2) is 12.1 Å². The molecule has 3 rings (SSSR count). The fourth-order valence-corrected chi connectivity index (χ4v) is 4.84. The van der Waals surface area contributed by atoms with Gasteiger partial charge in [-0.05, 0) is 50.8 Å². The second-order valence-corrected chi connectivity index (χ2v) is 7.26. The molecule has 3 unspecified atom stereocenters. The molecule has 20 heavy (non-hydrogen) atoms. The molecule has 0 bridgehead atoms. The van der Waals surface area contributed by atoms with Crippen LogP contribution in [0.5, 0.6) is 0 Å². The third kappa shape index (κ3) is 2.74. The van der Waals surface area contributed by atoms with Crippen molar-refractivity contribution in [1.82, 2.24) is 4.98 Å². The third-order valence-corrected chi connectivity index (χ3v) is 5.85. The molecule has 0 aromatic carbocycles. The SMILES string of the molecule is Cc1ccc(C(O)C2CCOC3(CCSC3)C2)c(C)n1. The van der Waals surface area contributed by atoms with Gasteiger partial charge in [-0.3, -0.25) is 4.98 Å². The Kier molecular flexibility index (Phi) is 4.07. The van der Waals surface area contributed by atoms with Crippen LogP contribution in [0.2, 0.25) is 0 Å². The van der Waals surface area contributed by atoms with Gasteiger partial charge in [0.25, 0.3) is 0 Å². The lowest BCUT2D eigenvalue weighted by molar-refractivity contribution is -0.102. The summed E-state index contributed by atoms with van der Waals surface area (Å²) in [5, 5.41) is 10.8. The summed E-state index contributed by atoms with van der Waals surface area (Å²) < 4.78 is 6.04. The van der Waals surface area contributed by atoms with Gasteiger partial charge in [-0.2, -0.15) is 11.8 Å². The van der Waals surface area contributed by atoms with Crippen molar-refractivity contribution >= 4 is 11.8 Å². The Balaban J connectivity index is 1.77. The molecule has 2 aliphatic rings. The normalized spacial score (nSPS) is 31.6. The monoisotopic (exact) mass is 293 g/mol.